The normalized spacial score (nSPS) is 11.0. The molecule has 0 aliphatic carbocycles. The lowest BCUT2D eigenvalue weighted by atomic mass is 10.1. The number of furan rings is 1. The lowest BCUT2D eigenvalue weighted by Gasteiger charge is -2.05. The van der Waals surface area contributed by atoms with Gasteiger partial charge in [0.2, 0.25) is 0 Å². The third-order valence-electron chi connectivity index (χ3n) is 2.91. The molecule has 0 aliphatic rings. The minimum absolute atomic E-state index is 0.162. The predicted molar refractivity (Wildman–Crippen MR) is 82.5 cm³/mol. The Balaban J connectivity index is 1.86. The van der Waals surface area contributed by atoms with Gasteiger partial charge < -0.3 is 9.73 Å². The summed E-state index contributed by atoms with van der Waals surface area (Å²) < 4.78 is 4.93. The number of carbonyl (C=O) groups excluding carboxylic acids is 2. The van der Waals surface area contributed by atoms with E-state index in [1.807, 2.05) is 37.3 Å². The monoisotopic (exact) mass is 299 g/mol. The molecule has 0 radical (unpaired) electrons. The molecule has 114 valence electrons. The summed E-state index contributed by atoms with van der Waals surface area (Å²) in [5.41, 5.74) is 4.16. The number of rotatable bonds is 6. The molecular formula is C16H17N3O3. The largest absolute Gasteiger partial charge is 0.459 e. The van der Waals surface area contributed by atoms with Gasteiger partial charge in [0.1, 0.15) is 0 Å². The number of nitrogens with zero attached hydrogens (tertiary/aromatic N) is 1. The predicted octanol–water partition coefficient (Wildman–Crippen LogP) is 1.94. The summed E-state index contributed by atoms with van der Waals surface area (Å²) in [6.45, 7) is 1.78. The van der Waals surface area contributed by atoms with Crippen LogP contribution in [-0.4, -0.2) is 24.1 Å². The van der Waals surface area contributed by atoms with Gasteiger partial charge >= 0.3 is 0 Å². The van der Waals surface area contributed by atoms with Crippen LogP contribution in [0.25, 0.3) is 0 Å². The quantitative estimate of drug-likeness (QED) is 0.631. The van der Waals surface area contributed by atoms with Crippen LogP contribution in [0.2, 0.25) is 0 Å². The molecule has 0 spiro atoms. The minimum Gasteiger partial charge on any atom is -0.459 e. The Bertz CT molecular complexity index is 649. The highest BCUT2D eigenvalue weighted by Crippen LogP contribution is 2.03. The molecule has 1 aromatic heterocycles. The van der Waals surface area contributed by atoms with Gasteiger partial charge in [-0.1, -0.05) is 37.3 Å². The van der Waals surface area contributed by atoms with E-state index in [0.29, 0.717) is 6.42 Å². The van der Waals surface area contributed by atoms with Crippen LogP contribution >= 0.6 is 0 Å². The van der Waals surface area contributed by atoms with E-state index in [9.17, 15) is 9.59 Å². The highest BCUT2D eigenvalue weighted by atomic mass is 16.3. The van der Waals surface area contributed by atoms with Crippen LogP contribution in [0.3, 0.4) is 0 Å². The van der Waals surface area contributed by atoms with Crippen molar-refractivity contribution in [2.75, 3.05) is 6.54 Å². The van der Waals surface area contributed by atoms with E-state index in [2.05, 4.69) is 15.8 Å². The van der Waals surface area contributed by atoms with Crippen LogP contribution in [0, 0.1) is 0 Å². The summed E-state index contributed by atoms with van der Waals surface area (Å²) in [5, 5.41) is 6.55. The molecule has 1 heterocycles. The van der Waals surface area contributed by atoms with E-state index in [1.54, 1.807) is 6.07 Å². The number of hydrazone groups is 1. The second-order valence-electron chi connectivity index (χ2n) is 4.47. The van der Waals surface area contributed by atoms with Crippen molar-refractivity contribution in [1.29, 1.82) is 0 Å². The molecule has 0 saturated heterocycles. The lowest BCUT2D eigenvalue weighted by Crippen LogP contribution is -2.35. The lowest BCUT2D eigenvalue weighted by molar-refractivity contribution is -0.120. The first-order valence-electron chi connectivity index (χ1n) is 6.93. The molecule has 2 amide bonds. The maximum Gasteiger partial charge on any atom is 0.287 e. The van der Waals surface area contributed by atoms with E-state index >= 15 is 0 Å². The van der Waals surface area contributed by atoms with Crippen LogP contribution in [0.1, 0.15) is 29.5 Å². The van der Waals surface area contributed by atoms with Crippen molar-refractivity contribution >= 4 is 17.5 Å². The maximum absolute atomic E-state index is 11.7. The minimum atomic E-state index is -0.442. The highest BCUT2D eigenvalue weighted by molar-refractivity contribution is 6.01. The Morgan fingerprint density at radius 3 is 2.55 bits per heavy atom. The number of amides is 2. The Labute approximate surface area is 128 Å². The van der Waals surface area contributed by atoms with E-state index in [0.717, 1.165) is 11.3 Å². The number of benzene rings is 1. The first-order chi connectivity index (χ1) is 10.7. The van der Waals surface area contributed by atoms with Gasteiger partial charge in [-0.25, -0.2) is 5.43 Å². The average Bonchev–Trinajstić information content (AvgIpc) is 3.09. The SMILES string of the molecule is CC/C(=N/NC(=O)CNC(=O)c1ccco1)c1ccccc1. The summed E-state index contributed by atoms with van der Waals surface area (Å²) in [6.07, 6.45) is 2.08. The molecule has 0 aliphatic heterocycles. The second-order valence-corrected chi connectivity index (χ2v) is 4.47. The summed E-state index contributed by atoms with van der Waals surface area (Å²) in [5.74, 6) is -0.681. The van der Waals surface area contributed by atoms with Gasteiger partial charge in [-0.05, 0) is 24.1 Å². The molecule has 1 aromatic carbocycles. The second kappa shape index (κ2) is 7.78. The fourth-order valence-corrected chi connectivity index (χ4v) is 1.80. The summed E-state index contributed by atoms with van der Waals surface area (Å²) in [7, 11) is 0. The fraction of sp³-hybridized carbons (Fsp3) is 0.188. The van der Waals surface area contributed by atoms with Crippen LogP contribution in [0.4, 0.5) is 0 Å². The average molecular weight is 299 g/mol. The van der Waals surface area contributed by atoms with Crippen LogP contribution in [0.5, 0.6) is 0 Å². The molecule has 0 saturated carbocycles. The van der Waals surface area contributed by atoms with E-state index in [4.69, 9.17) is 4.42 Å². The standard InChI is InChI=1S/C16H17N3O3/c1-2-13(12-7-4-3-5-8-12)18-19-15(20)11-17-16(21)14-9-6-10-22-14/h3-10H,2,11H2,1H3,(H,17,21)(H,19,20)/b18-13-. The first kappa shape index (κ1) is 15.5. The van der Waals surface area contributed by atoms with Crippen molar-refractivity contribution in [1.82, 2.24) is 10.7 Å². The van der Waals surface area contributed by atoms with Gasteiger partial charge in [0.25, 0.3) is 11.8 Å². The van der Waals surface area contributed by atoms with Crippen LogP contribution in [0.15, 0.2) is 58.2 Å². The Kier molecular flexibility index (Phi) is 5.48. The van der Waals surface area contributed by atoms with E-state index in [1.165, 1.54) is 12.3 Å². The number of hydrogen-bond acceptors (Lipinski definition) is 4. The highest BCUT2D eigenvalue weighted by Gasteiger charge is 2.10. The Morgan fingerprint density at radius 1 is 1.14 bits per heavy atom. The molecule has 0 bridgehead atoms. The molecule has 2 N–H and O–H groups in total. The van der Waals surface area contributed by atoms with Crippen molar-refractivity contribution in [3.05, 3.63) is 60.1 Å². The molecular weight excluding hydrogens is 282 g/mol. The summed E-state index contributed by atoms with van der Waals surface area (Å²) in [4.78, 5) is 23.3. The van der Waals surface area contributed by atoms with Crippen molar-refractivity contribution in [2.24, 2.45) is 5.10 Å². The van der Waals surface area contributed by atoms with Gasteiger partial charge in [-0.15, -0.1) is 0 Å². The van der Waals surface area contributed by atoms with Crippen molar-refractivity contribution in [3.63, 3.8) is 0 Å². The zero-order valence-electron chi connectivity index (χ0n) is 12.2. The molecule has 2 aromatic rings. The van der Waals surface area contributed by atoms with Gasteiger partial charge in [0.05, 0.1) is 18.5 Å². The van der Waals surface area contributed by atoms with Gasteiger partial charge in [0, 0.05) is 0 Å². The molecule has 0 unspecified atom stereocenters. The molecule has 22 heavy (non-hydrogen) atoms. The fourth-order valence-electron chi connectivity index (χ4n) is 1.80. The third kappa shape index (κ3) is 4.31. The molecule has 0 fully saturated rings. The van der Waals surface area contributed by atoms with Crippen LogP contribution < -0.4 is 10.7 Å². The molecule has 6 heteroatoms. The van der Waals surface area contributed by atoms with Gasteiger partial charge in [-0.3, -0.25) is 9.59 Å². The molecule has 6 nitrogen and oxygen atoms in total. The van der Waals surface area contributed by atoms with E-state index in [-0.39, 0.29) is 12.3 Å². The topological polar surface area (TPSA) is 83.7 Å². The smallest absolute Gasteiger partial charge is 0.287 e. The first-order valence-corrected chi connectivity index (χ1v) is 6.93. The Hall–Kier alpha value is -2.89. The zero-order chi connectivity index (χ0) is 15.8. The Morgan fingerprint density at radius 2 is 1.91 bits per heavy atom. The maximum atomic E-state index is 11.7. The van der Waals surface area contributed by atoms with Crippen molar-refractivity contribution in [3.8, 4) is 0 Å². The summed E-state index contributed by atoms with van der Waals surface area (Å²) >= 11 is 0. The van der Waals surface area contributed by atoms with Gasteiger partial charge in [-0.2, -0.15) is 5.10 Å². The number of hydrogen-bond donors (Lipinski definition) is 2. The molecule has 2 rings (SSSR count). The third-order valence-corrected chi connectivity index (χ3v) is 2.91. The summed E-state index contributed by atoms with van der Waals surface area (Å²) in [6, 6.07) is 12.7. The van der Waals surface area contributed by atoms with Crippen molar-refractivity contribution < 1.29 is 14.0 Å². The van der Waals surface area contributed by atoms with E-state index < -0.39 is 11.8 Å². The zero-order valence-corrected chi connectivity index (χ0v) is 12.2. The van der Waals surface area contributed by atoms with Gasteiger partial charge in [0.15, 0.2) is 5.76 Å². The van der Waals surface area contributed by atoms with Crippen LogP contribution in [-0.2, 0) is 4.79 Å². The molecule has 0 atom stereocenters. The number of carbonyl (C=O) groups is 2. The number of nitrogens with one attached hydrogen (secondary N) is 2. The van der Waals surface area contributed by atoms with Crippen molar-refractivity contribution in [2.45, 2.75) is 13.3 Å².